The number of aromatic nitrogens is 2. The maximum absolute atomic E-state index is 13.0. The Morgan fingerprint density at radius 3 is 2.83 bits per heavy atom. The lowest BCUT2D eigenvalue weighted by atomic mass is 10.0. The molecule has 120 valence electrons. The summed E-state index contributed by atoms with van der Waals surface area (Å²) < 4.78 is 0. The van der Waals surface area contributed by atoms with Crippen molar-refractivity contribution in [2.45, 2.75) is 12.5 Å². The fourth-order valence-electron chi connectivity index (χ4n) is 3.11. The second-order valence-electron chi connectivity index (χ2n) is 6.01. The Morgan fingerprint density at radius 1 is 1.21 bits per heavy atom. The molecule has 3 heterocycles. The molecule has 4 rings (SSSR count). The van der Waals surface area contributed by atoms with Crippen molar-refractivity contribution in [2.75, 3.05) is 13.1 Å². The normalized spacial score (nSPS) is 17.4. The largest absolute Gasteiger partial charge is 0.391 e. The molecule has 0 spiro atoms. The molecule has 1 aromatic carbocycles. The number of likely N-dealkylation sites (tertiary alicyclic amines) is 1. The average Bonchev–Trinajstić information content (AvgIpc) is 3.07. The number of rotatable bonds is 2. The molecule has 3 aromatic rings. The first-order valence-electron chi connectivity index (χ1n) is 8.00. The van der Waals surface area contributed by atoms with E-state index in [-0.39, 0.29) is 5.91 Å². The molecule has 1 fully saturated rings. The van der Waals surface area contributed by atoms with E-state index in [1.54, 1.807) is 17.3 Å². The minimum atomic E-state index is -0.431. The van der Waals surface area contributed by atoms with Crippen LogP contribution in [0.25, 0.3) is 22.2 Å². The zero-order chi connectivity index (χ0) is 16.5. The second kappa shape index (κ2) is 6.02. The molecule has 5 heteroatoms. The van der Waals surface area contributed by atoms with Gasteiger partial charge in [-0.05, 0) is 30.7 Å². The lowest BCUT2D eigenvalue weighted by molar-refractivity contribution is 0.0767. The molecule has 1 saturated heterocycles. The topological polar surface area (TPSA) is 66.3 Å². The Labute approximate surface area is 139 Å². The maximum atomic E-state index is 13.0. The highest BCUT2D eigenvalue weighted by molar-refractivity contribution is 6.07. The first kappa shape index (κ1) is 14.8. The molecule has 2 aromatic heterocycles. The van der Waals surface area contributed by atoms with Crippen molar-refractivity contribution >= 4 is 16.8 Å². The van der Waals surface area contributed by atoms with Gasteiger partial charge in [0, 0.05) is 36.4 Å². The van der Waals surface area contributed by atoms with Crippen molar-refractivity contribution in [2.24, 2.45) is 0 Å². The fraction of sp³-hybridized carbons (Fsp3) is 0.211. The second-order valence-corrected chi connectivity index (χ2v) is 6.01. The summed E-state index contributed by atoms with van der Waals surface area (Å²) in [5, 5.41) is 10.6. The molecule has 0 radical (unpaired) electrons. The van der Waals surface area contributed by atoms with Crippen LogP contribution in [0, 0.1) is 0 Å². The number of fused-ring (bicyclic) bond motifs is 1. The predicted octanol–water partition coefficient (Wildman–Crippen LogP) is 2.50. The van der Waals surface area contributed by atoms with Crippen molar-refractivity contribution < 1.29 is 9.90 Å². The van der Waals surface area contributed by atoms with Crippen LogP contribution < -0.4 is 0 Å². The zero-order valence-corrected chi connectivity index (χ0v) is 13.1. The van der Waals surface area contributed by atoms with Gasteiger partial charge >= 0.3 is 0 Å². The zero-order valence-electron chi connectivity index (χ0n) is 13.1. The lowest BCUT2D eigenvalue weighted by Gasteiger charge is -2.17. The molecule has 1 amide bonds. The Hall–Kier alpha value is -2.79. The molecule has 1 aliphatic heterocycles. The summed E-state index contributed by atoms with van der Waals surface area (Å²) in [5.41, 5.74) is 3.00. The predicted molar refractivity (Wildman–Crippen MR) is 91.5 cm³/mol. The highest BCUT2D eigenvalue weighted by Gasteiger charge is 2.27. The van der Waals surface area contributed by atoms with Gasteiger partial charge in [-0.2, -0.15) is 0 Å². The fourth-order valence-corrected chi connectivity index (χ4v) is 3.11. The summed E-state index contributed by atoms with van der Waals surface area (Å²) in [6.07, 6.45) is 3.65. The van der Waals surface area contributed by atoms with Gasteiger partial charge in [0.15, 0.2) is 0 Å². The van der Waals surface area contributed by atoms with Crippen LogP contribution in [0.3, 0.4) is 0 Å². The van der Waals surface area contributed by atoms with E-state index < -0.39 is 6.10 Å². The number of aliphatic hydroxyl groups excluding tert-OH is 1. The molecule has 1 atom stereocenters. The minimum absolute atomic E-state index is 0.0599. The molecule has 1 aliphatic rings. The van der Waals surface area contributed by atoms with E-state index >= 15 is 0 Å². The third kappa shape index (κ3) is 2.63. The number of aliphatic hydroxyl groups is 1. The summed E-state index contributed by atoms with van der Waals surface area (Å²) >= 11 is 0. The van der Waals surface area contributed by atoms with Crippen LogP contribution in [0.5, 0.6) is 0 Å². The number of amides is 1. The third-order valence-corrected chi connectivity index (χ3v) is 4.35. The van der Waals surface area contributed by atoms with Crippen LogP contribution in [-0.2, 0) is 0 Å². The molecule has 0 aliphatic carbocycles. The SMILES string of the molecule is O=C(c1cc(-c2cccnc2)nc2ccccc12)N1CC[C@@H](O)C1. The van der Waals surface area contributed by atoms with Crippen molar-refractivity contribution in [1.29, 1.82) is 0 Å². The van der Waals surface area contributed by atoms with Gasteiger partial charge in [-0.25, -0.2) is 4.98 Å². The number of benzene rings is 1. The van der Waals surface area contributed by atoms with E-state index in [9.17, 15) is 9.90 Å². The number of β-amino-alcohol motifs (C(OH)–C–C–N with tert-alkyl or cyclic N) is 1. The van der Waals surface area contributed by atoms with Crippen molar-refractivity contribution in [3.05, 3.63) is 60.4 Å². The number of carbonyl (C=O) groups is 1. The molecule has 0 saturated carbocycles. The van der Waals surface area contributed by atoms with Crippen LogP contribution in [-0.4, -0.2) is 45.1 Å². The molecular formula is C19H17N3O2. The molecule has 5 nitrogen and oxygen atoms in total. The van der Waals surface area contributed by atoms with Crippen molar-refractivity contribution in [3.8, 4) is 11.3 Å². The third-order valence-electron chi connectivity index (χ3n) is 4.35. The van der Waals surface area contributed by atoms with Crippen LogP contribution in [0.1, 0.15) is 16.8 Å². The lowest BCUT2D eigenvalue weighted by Crippen LogP contribution is -2.29. The summed E-state index contributed by atoms with van der Waals surface area (Å²) in [6, 6.07) is 13.2. The molecule has 24 heavy (non-hydrogen) atoms. The first-order chi connectivity index (χ1) is 11.7. The van der Waals surface area contributed by atoms with Gasteiger partial charge in [0.05, 0.1) is 22.9 Å². The van der Waals surface area contributed by atoms with E-state index in [0.29, 0.717) is 25.1 Å². The molecule has 0 bridgehead atoms. The summed E-state index contributed by atoms with van der Waals surface area (Å²) in [6.45, 7) is 0.969. The Kier molecular flexibility index (Phi) is 3.70. The van der Waals surface area contributed by atoms with Crippen LogP contribution >= 0.6 is 0 Å². The molecular weight excluding hydrogens is 302 g/mol. The highest BCUT2D eigenvalue weighted by Crippen LogP contribution is 2.26. The van der Waals surface area contributed by atoms with Gasteiger partial charge in [0.25, 0.3) is 5.91 Å². The van der Waals surface area contributed by atoms with Gasteiger partial charge in [-0.15, -0.1) is 0 Å². The van der Waals surface area contributed by atoms with Crippen LogP contribution in [0.4, 0.5) is 0 Å². The van der Waals surface area contributed by atoms with E-state index in [2.05, 4.69) is 9.97 Å². The maximum Gasteiger partial charge on any atom is 0.254 e. The van der Waals surface area contributed by atoms with E-state index in [1.807, 2.05) is 42.5 Å². The van der Waals surface area contributed by atoms with E-state index in [0.717, 1.165) is 22.2 Å². The Balaban J connectivity index is 1.85. The van der Waals surface area contributed by atoms with E-state index in [4.69, 9.17) is 0 Å². The smallest absolute Gasteiger partial charge is 0.254 e. The van der Waals surface area contributed by atoms with E-state index in [1.165, 1.54) is 0 Å². The van der Waals surface area contributed by atoms with Gasteiger partial charge in [-0.3, -0.25) is 9.78 Å². The standard InChI is InChI=1S/C19H17N3O2/c23-14-7-9-22(12-14)19(24)16-10-18(13-4-3-8-20-11-13)21-17-6-2-1-5-15(16)17/h1-6,8,10-11,14,23H,7,9,12H2/t14-/m1/s1. The van der Waals surface area contributed by atoms with Crippen LogP contribution in [0.2, 0.25) is 0 Å². The quantitative estimate of drug-likeness (QED) is 0.788. The number of carbonyl (C=O) groups excluding carboxylic acids is 1. The molecule has 1 N–H and O–H groups in total. The average molecular weight is 319 g/mol. The monoisotopic (exact) mass is 319 g/mol. The van der Waals surface area contributed by atoms with Crippen molar-refractivity contribution in [1.82, 2.24) is 14.9 Å². The summed E-state index contributed by atoms with van der Waals surface area (Å²) in [7, 11) is 0. The van der Waals surface area contributed by atoms with Gasteiger partial charge in [0.2, 0.25) is 0 Å². The number of nitrogens with zero attached hydrogens (tertiary/aromatic N) is 3. The number of para-hydroxylation sites is 1. The summed E-state index contributed by atoms with van der Waals surface area (Å²) in [4.78, 5) is 23.5. The summed E-state index contributed by atoms with van der Waals surface area (Å²) in [5.74, 6) is -0.0599. The van der Waals surface area contributed by atoms with Crippen molar-refractivity contribution in [3.63, 3.8) is 0 Å². The van der Waals surface area contributed by atoms with Gasteiger partial charge in [-0.1, -0.05) is 18.2 Å². The number of hydrogen-bond acceptors (Lipinski definition) is 4. The number of pyridine rings is 2. The Morgan fingerprint density at radius 2 is 2.08 bits per heavy atom. The van der Waals surface area contributed by atoms with Gasteiger partial charge < -0.3 is 10.0 Å². The first-order valence-corrected chi connectivity index (χ1v) is 8.00. The van der Waals surface area contributed by atoms with Gasteiger partial charge in [0.1, 0.15) is 0 Å². The Bertz CT molecular complexity index is 896. The number of hydrogen-bond donors (Lipinski definition) is 1. The van der Waals surface area contributed by atoms with Crippen LogP contribution in [0.15, 0.2) is 54.9 Å². The molecule has 0 unspecified atom stereocenters. The minimum Gasteiger partial charge on any atom is -0.391 e. The highest BCUT2D eigenvalue weighted by atomic mass is 16.3.